The van der Waals surface area contributed by atoms with Gasteiger partial charge in [-0.2, -0.15) is 0 Å². The molecule has 3 rings (SSSR count). The molecular formula is C15H14ClNO2S. The number of nitrogen functional groups attached to an aromatic ring is 1. The molecule has 0 radical (unpaired) electrons. The van der Waals surface area contributed by atoms with Crippen LogP contribution in [0.25, 0.3) is 20.2 Å². The van der Waals surface area contributed by atoms with Gasteiger partial charge in [-0.3, -0.25) is 0 Å². The summed E-state index contributed by atoms with van der Waals surface area (Å²) < 4.78 is 7.23. The molecule has 2 N–H and O–H groups in total. The monoisotopic (exact) mass is 307 g/mol. The maximum Gasteiger partial charge on any atom is 0.338 e. The molecule has 2 aromatic carbocycles. The fourth-order valence-electron chi connectivity index (χ4n) is 2.14. The van der Waals surface area contributed by atoms with Crippen LogP contribution in [0.3, 0.4) is 0 Å². The van der Waals surface area contributed by atoms with Crippen molar-refractivity contribution >= 4 is 55.6 Å². The Hall–Kier alpha value is -1.78. The number of halogens is 1. The second-order valence-electron chi connectivity index (χ2n) is 4.29. The van der Waals surface area contributed by atoms with Crippen molar-refractivity contribution in [3.63, 3.8) is 0 Å². The Morgan fingerprint density at radius 3 is 2.50 bits per heavy atom. The molecule has 1 heterocycles. The first-order valence-electron chi connectivity index (χ1n) is 6.08. The molecule has 0 saturated carbocycles. The van der Waals surface area contributed by atoms with Crippen molar-refractivity contribution in [2.45, 2.75) is 6.92 Å². The van der Waals surface area contributed by atoms with Crippen LogP contribution in [0.5, 0.6) is 0 Å². The van der Waals surface area contributed by atoms with Gasteiger partial charge in [0.15, 0.2) is 0 Å². The normalized spacial score (nSPS) is 10.4. The molecule has 0 aliphatic carbocycles. The smallest absolute Gasteiger partial charge is 0.338 e. The average molecular weight is 308 g/mol. The van der Waals surface area contributed by atoms with Gasteiger partial charge in [0.25, 0.3) is 0 Å². The first kappa shape index (κ1) is 14.6. The molecule has 5 heteroatoms. The van der Waals surface area contributed by atoms with Crippen molar-refractivity contribution in [3.8, 4) is 0 Å². The van der Waals surface area contributed by atoms with Crippen molar-refractivity contribution < 1.29 is 9.53 Å². The highest BCUT2D eigenvalue weighted by atomic mass is 35.5. The molecule has 0 amide bonds. The van der Waals surface area contributed by atoms with Crippen molar-refractivity contribution in [2.24, 2.45) is 0 Å². The molecule has 104 valence electrons. The van der Waals surface area contributed by atoms with Gasteiger partial charge in [-0.05, 0) is 31.2 Å². The van der Waals surface area contributed by atoms with E-state index in [1.165, 1.54) is 5.39 Å². The van der Waals surface area contributed by atoms with Crippen LogP contribution >= 0.6 is 23.7 Å². The minimum absolute atomic E-state index is 0. The summed E-state index contributed by atoms with van der Waals surface area (Å²) in [5, 5.41) is 2.32. The van der Waals surface area contributed by atoms with E-state index in [2.05, 4.69) is 0 Å². The van der Waals surface area contributed by atoms with Gasteiger partial charge in [0.2, 0.25) is 0 Å². The molecule has 0 aliphatic rings. The number of nitrogens with two attached hydrogens (primary N) is 1. The Balaban J connectivity index is 0.00000147. The van der Waals surface area contributed by atoms with Gasteiger partial charge in [-0.1, -0.05) is 12.1 Å². The number of ether oxygens (including phenoxy) is 1. The lowest BCUT2D eigenvalue weighted by molar-refractivity contribution is 0.0526. The van der Waals surface area contributed by atoms with E-state index >= 15 is 0 Å². The van der Waals surface area contributed by atoms with E-state index in [1.54, 1.807) is 18.3 Å². The molecule has 0 aliphatic heterocycles. The zero-order valence-electron chi connectivity index (χ0n) is 10.9. The third-order valence-corrected chi connectivity index (χ3v) is 4.12. The number of anilines is 1. The zero-order chi connectivity index (χ0) is 13.4. The van der Waals surface area contributed by atoms with Gasteiger partial charge in [-0.15, -0.1) is 23.7 Å². The van der Waals surface area contributed by atoms with Crippen molar-refractivity contribution in [1.82, 2.24) is 0 Å². The van der Waals surface area contributed by atoms with Crippen LogP contribution in [0.1, 0.15) is 17.3 Å². The number of carbonyl (C=O) groups excluding carboxylic acids is 1. The summed E-state index contributed by atoms with van der Waals surface area (Å²) in [5.74, 6) is -0.277. The Labute approximate surface area is 126 Å². The van der Waals surface area contributed by atoms with Gasteiger partial charge in [0, 0.05) is 25.9 Å². The van der Waals surface area contributed by atoms with Crippen molar-refractivity contribution in [3.05, 3.63) is 42.0 Å². The summed E-state index contributed by atoms with van der Waals surface area (Å²) in [6, 6.07) is 11.5. The topological polar surface area (TPSA) is 52.3 Å². The van der Waals surface area contributed by atoms with Gasteiger partial charge < -0.3 is 10.5 Å². The first-order valence-corrected chi connectivity index (χ1v) is 6.89. The Bertz CT molecular complexity index is 782. The molecule has 0 unspecified atom stereocenters. The van der Waals surface area contributed by atoms with E-state index in [-0.39, 0.29) is 18.4 Å². The van der Waals surface area contributed by atoms with Crippen molar-refractivity contribution in [1.29, 1.82) is 0 Å². The van der Waals surface area contributed by atoms with E-state index in [4.69, 9.17) is 10.5 Å². The molecule has 20 heavy (non-hydrogen) atoms. The standard InChI is InChI=1S/C15H13NO2S.ClH/c1-2-18-15(17)9-3-5-11-12-6-4-10(16)8-14(12)19-13(11)7-9;/h3-8H,2,16H2,1H3;1H. The molecule has 0 bridgehead atoms. The molecule has 3 nitrogen and oxygen atoms in total. The highest BCUT2D eigenvalue weighted by Crippen LogP contribution is 2.35. The fraction of sp³-hybridized carbons (Fsp3) is 0.133. The number of carbonyl (C=O) groups is 1. The predicted molar refractivity (Wildman–Crippen MR) is 86.9 cm³/mol. The van der Waals surface area contributed by atoms with E-state index in [9.17, 15) is 4.79 Å². The molecule has 0 saturated heterocycles. The van der Waals surface area contributed by atoms with Crippen LogP contribution < -0.4 is 5.73 Å². The Morgan fingerprint density at radius 1 is 1.15 bits per heavy atom. The van der Waals surface area contributed by atoms with E-state index < -0.39 is 0 Å². The van der Waals surface area contributed by atoms with Crippen LogP contribution in [0, 0.1) is 0 Å². The van der Waals surface area contributed by atoms with Gasteiger partial charge in [0.05, 0.1) is 12.2 Å². The number of esters is 1. The zero-order valence-corrected chi connectivity index (χ0v) is 12.5. The molecule has 1 aromatic heterocycles. The quantitative estimate of drug-likeness (QED) is 0.569. The highest BCUT2D eigenvalue weighted by Gasteiger charge is 2.10. The number of benzene rings is 2. The minimum Gasteiger partial charge on any atom is -0.462 e. The van der Waals surface area contributed by atoms with Gasteiger partial charge >= 0.3 is 5.97 Å². The summed E-state index contributed by atoms with van der Waals surface area (Å²) in [6.45, 7) is 2.19. The number of hydrogen-bond acceptors (Lipinski definition) is 4. The summed E-state index contributed by atoms with van der Waals surface area (Å²) in [7, 11) is 0. The Morgan fingerprint density at radius 2 is 1.80 bits per heavy atom. The predicted octanol–water partition coefficient (Wildman–Crippen LogP) is 4.24. The SMILES string of the molecule is CCOC(=O)c1ccc2c(c1)sc1cc(N)ccc12.Cl. The third-order valence-electron chi connectivity index (χ3n) is 3.01. The number of rotatable bonds is 2. The van der Waals surface area contributed by atoms with Crippen LogP contribution in [0.2, 0.25) is 0 Å². The number of thiophene rings is 1. The second-order valence-corrected chi connectivity index (χ2v) is 5.37. The molecule has 0 spiro atoms. The first-order chi connectivity index (χ1) is 9.19. The average Bonchev–Trinajstić information content (AvgIpc) is 2.75. The summed E-state index contributed by atoms with van der Waals surface area (Å²) in [5.41, 5.74) is 7.14. The van der Waals surface area contributed by atoms with Crippen LogP contribution in [0.4, 0.5) is 5.69 Å². The molecule has 0 atom stereocenters. The minimum atomic E-state index is -0.277. The van der Waals surface area contributed by atoms with Crippen LogP contribution in [-0.2, 0) is 4.74 Å². The lowest BCUT2D eigenvalue weighted by atomic mass is 10.1. The van der Waals surface area contributed by atoms with Gasteiger partial charge in [0.1, 0.15) is 0 Å². The van der Waals surface area contributed by atoms with E-state index in [1.807, 2.05) is 36.4 Å². The summed E-state index contributed by atoms with van der Waals surface area (Å²) >= 11 is 1.64. The third kappa shape index (κ3) is 2.44. The second kappa shape index (κ2) is 5.69. The molecule has 3 aromatic rings. The summed E-state index contributed by atoms with van der Waals surface area (Å²) in [6.07, 6.45) is 0. The Kier molecular flexibility index (Phi) is 4.16. The number of fused-ring (bicyclic) bond motifs is 3. The van der Waals surface area contributed by atoms with Crippen LogP contribution in [-0.4, -0.2) is 12.6 Å². The van der Waals surface area contributed by atoms with E-state index in [0.717, 1.165) is 20.5 Å². The maximum absolute atomic E-state index is 11.7. The van der Waals surface area contributed by atoms with Gasteiger partial charge in [-0.25, -0.2) is 4.79 Å². The lowest BCUT2D eigenvalue weighted by Crippen LogP contribution is -2.03. The van der Waals surface area contributed by atoms with Crippen LogP contribution in [0.15, 0.2) is 36.4 Å². The molecular weight excluding hydrogens is 294 g/mol. The highest BCUT2D eigenvalue weighted by molar-refractivity contribution is 7.25. The summed E-state index contributed by atoms with van der Waals surface area (Å²) in [4.78, 5) is 11.7. The van der Waals surface area contributed by atoms with Crippen molar-refractivity contribution in [2.75, 3.05) is 12.3 Å². The molecule has 0 fully saturated rings. The lowest BCUT2D eigenvalue weighted by Gasteiger charge is -2.01. The number of hydrogen-bond donors (Lipinski definition) is 1. The maximum atomic E-state index is 11.7. The fourth-order valence-corrected chi connectivity index (χ4v) is 3.33. The van der Waals surface area contributed by atoms with E-state index in [0.29, 0.717) is 12.2 Å². The largest absolute Gasteiger partial charge is 0.462 e.